The summed E-state index contributed by atoms with van der Waals surface area (Å²) < 4.78 is 79.7. The van der Waals surface area contributed by atoms with Gasteiger partial charge in [0.25, 0.3) is 23.3 Å². The van der Waals surface area contributed by atoms with E-state index in [0.29, 0.717) is 128 Å². The average Bonchev–Trinajstić information content (AvgIpc) is 1.58. The molecule has 0 aliphatic carbocycles. The van der Waals surface area contributed by atoms with E-state index in [1.165, 1.54) is 12.5 Å². The lowest BCUT2D eigenvalue weighted by Crippen LogP contribution is -2.19. The molecule has 0 saturated carbocycles. The van der Waals surface area contributed by atoms with Crippen molar-refractivity contribution in [1.82, 2.24) is 49.0 Å². The third-order valence-corrected chi connectivity index (χ3v) is 20.9. The number of imidazole rings is 2. The molecule has 4 aliphatic heterocycles. The molecule has 4 fully saturated rings. The molecule has 0 bridgehead atoms. The molecule has 12 heterocycles. The molecule has 8 N–H and O–H groups in total. The number of nitrogens with zero attached hydrogens (tertiary/aromatic N) is 14. The zero-order chi connectivity index (χ0) is 77.6. The van der Waals surface area contributed by atoms with Crippen molar-refractivity contribution in [3.05, 3.63) is 210 Å². The van der Waals surface area contributed by atoms with Gasteiger partial charge in [-0.05, 0) is 150 Å². The molecule has 8 aromatic heterocycles. The topological polar surface area (TPSA) is 338 Å². The number of aryl methyl sites for hydroxylation is 2. The Labute approximate surface area is 642 Å². The second-order valence-electron chi connectivity index (χ2n) is 26.4. The van der Waals surface area contributed by atoms with Gasteiger partial charge in [0.1, 0.15) is 46.0 Å². The summed E-state index contributed by atoms with van der Waals surface area (Å²) in [6.45, 7) is 44.0. The minimum atomic E-state index is -3.57. The highest BCUT2D eigenvalue weighted by Crippen LogP contribution is 2.41. The molecule has 14 rings (SSSR count). The third kappa shape index (κ3) is 20.0. The quantitative estimate of drug-likeness (QED) is 0.0499. The van der Waals surface area contributed by atoms with Crippen LogP contribution < -0.4 is 27.8 Å². The van der Waals surface area contributed by atoms with Gasteiger partial charge in [0.15, 0.2) is 31.0 Å². The zero-order valence-corrected chi connectivity index (χ0v) is 64.8. The Morgan fingerprint density at radius 2 is 1.07 bits per heavy atom. The fraction of sp³-hybridized carbons (Fsp3) is 0.351. The van der Waals surface area contributed by atoms with Crippen molar-refractivity contribution >= 4 is 139 Å². The fourth-order valence-corrected chi connectivity index (χ4v) is 14.9. The maximum Gasteiger partial charge on any atom is 0.285 e. The molecule has 2 aromatic carbocycles. The van der Waals surface area contributed by atoms with Gasteiger partial charge in [-0.15, -0.1) is 19.9 Å². The van der Waals surface area contributed by atoms with Crippen LogP contribution in [0.2, 0.25) is 5.15 Å². The Bertz CT molecular complexity index is 5390. The molecule has 0 amide bonds. The van der Waals surface area contributed by atoms with E-state index < -0.39 is 19.7 Å². The normalized spacial score (nSPS) is 16.8. The van der Waals surface area contributed by atoms with Crippen molar-refractivity contribution in [2.45, 2.75) is 146 Å². The molecular formula is C77H83BrClN19O8S2. The van der Waals surface area contributed by atoms with E-state index in [4.69, 9.17) is 89.0 Å². The second-order valence-corrected chi connectivity index (χ2v) is 31.6. The molecule has 4 saturated heterocycles. The predicted molar refractivity (Wildman–Crippen MR) is 423 cm³/mol. The summed E-state index contributed by atoms with van der Waals surface area (Å²) in [6, 6.07) is 30.1. The van der Waals surface area contributed by atoms with Crippen LogP contribution in [0.5, 0.6) is 0 Å². The zero-order valence-electron chi connectivity index (χ0n) is 60.8. The second kappa shape index (κ2) is 35.9. The van der Waals surface area contributed by atoms with Crippen molar-refractivity contribution in [3.63, 3.8) is 0 Å². The van der Waals surface area contributed by atoms with E-state index in [9.17, 15) is 16.8 Å². The molecule has 27 nitrogen and oxygen atoms in total. The number of aromatic nitrogens is 10. The minimum Gasteiger partial charge on any atom is -0.374 e. The van der Waals surface area contributed by atoms with Crippen molar-refractivity contribution in [2.75, 3.05) is 66.8 Å². The number of nitrogens with one attached hydrogen (secondary N) is 2. The number of pyridine rings is 6. The van der Waals surface area contributed by atoms with Crippen molar-refractivity contribution < 1.29 is 35.8 Å². The highest BCUT2D eigenvalue weighted by molar-refractivity contribution is 9.10. The Kier molecular flexibility index (Phi) is 26.6. The predicted octanol–water partition coefficient (Wildman–Crippen LogP) is 17.6. The number of allylic oxidation sites excluding steroid dienone is 1. The number of benzene rings is 2. The summed E-state index contributed by atoms with van der Waals surface area (Å²) in [5.41, 5.74) is 26.4. The number of nitrogens with two attached hydrogens (primary N) is 3. The standard InChI is InChI=1S/C33H38N6O4S.C23H27ClN4O4S.C9H9N3.C6H4BrN3.C6H5N3/c1-20(2)25-13-12-23(36-32(25)34-4)18-24-19-27(31-33(37-24)39(21(3)35-31)30-10-6-7-15-43-30)38-26-14-11-22(28-9-8-16-42-28)17-29(26)44(5,40)41;1-14-25-22-17(13-20(24)27-23(22)28(14)21-7-3-4-10-32-21)26-16-9-8-15(18-6-5-11-31-18)12-19(16)33(2,29)30;1-6(2)7-4-5-8(10)12-9(7)11-3;1-9-6-4(7)2-3-5(8)10-6;1-8-6-4-2-3-5(7)9-6/h11-14,17,19-20,28,30H,6-10,15-16,18H2,1-3,5H3,(H,37,38);8-9,12-13,18,21H,3-7,10-11H2,1-2H3,(H,26,27);4-5H,1H2,2H3,(H2,10,12);2-3H,(H2,8,10);2-4H,(H2,7,9). The summed E-state index contributed by atoms with van der Waals surface area (Å²) in [4.78, 5) is 48.8. The monoisotopic (exact) mass is 1580 g/mol. The van der Waals surface area contributed by atoms with Crippen LogP contribution in [-0.4, -0.2) is 105 Å². The van der Waals surface area contributed by atoms with E-state index in [-0.39, 0.29) is 40.4 Å². The lowest BCUT2D eigenvalue weighted by atomic mass is 10.0. The fourth-order valence-electron chi connectivity index (χ4n) is 12.7. The van der Waals surface area contributed by atoms with Gasteiger partial charge in [-0.2, -0.15) is 0 Å². The lowest BCUT2D eigenvalue weighted by molar-refractivity contribution is -0.0310. The van der Waals surface area contributed by atoms with Crippen molar-refractivity contribution in [2.24, 2.45) is 0 Å². The van der Waals surface area contributed by atoms with Crippen LogP contribution in [0.1, 0.15) is 161 Å². The van der Waals surface area contributed by atoms with Crippen LogP contribution in [-0.2, 0) is 45.0 Å². The van der Waals surface area contributed by atoms with Crippen LogP contribution in [0, 0.1) is 40.1 Å². The van der Waals surface area contributed by atoms with Crippen LogP contribution in [0.15, 0.2) is 124 Å². The average molecular weight is 1580 g/mol. The number of halogens is 2. The number of ether oxygens (including phenoxy) is 4. The van der Waals surface area contributed by atoms with Gasteiger partial charge in [-0.1, -0.05) is 116 Å². The van der Waals surface area contributed by atoms with Crippen LogP contribution in [0.3, 0.4) is 0 Å². The molecule has 0 radical (unpaired) electrons. The first-order chi connectivity index (χ1) is 51.6. The van der Waals surface area contributed by atoms with E-state index in [2.05, 4.69) is 77.4 Å². The van der Waals surface area contributed by atoms with E-state index in [1.54, 1.807) is 66.7 Å². The van der Waals surface area contributed by atoms with Crippen LogP contribution in [0.4, 0.5) is 63.5 Å². The highest BCUT2D eigenvalue weighted by Gasteiger charge is 2.29. The number of sulfone groups is 2. The van der Waals surface area contributed by atoms with Gasteiger partial charge in [-0.25, -0.2) is 36.8 Å². The summed E-state index contributed by atoms with van der Waals surface area (Å²) >= 11 is 9.54. The Morgan fingerprint density at radius 3 is 1.53 bits per heavy atom. The first-order valence-electron chi connectivity index (χ1n) is 34.8. The summed E-state index contributed by atoms with van der Waals surface area (Å²) in [5.74, 6) is 4.23. The maximum atomic E-state index is 13.0. The molecule has 4 aliphatic rings. The molecule has 560 valence electrons. The lowest BCUT2D eigenvalue weighted by Gasteiger charge is -2.25. The number of anilines is 7. The largest absolute Gasteiger partial charge is 0.374 e. The molecule has 4 atom stereocenters. The Morgan fingerprint density at radius 1 is 0.565 bits per heavy atom. The van der Waals surface area contributed by atoms with Crippen LogP contribution in [0.25, 0.3) is 47.3 Å². The molecule has 108 heavy (non-hydrogen) atoms. The summed E-state index contributed by atoms with van der Waals surface area (Å²) in [6.07, 6.45) is 11.9. The van der Waals surface area contributed by atoms with Crippen molar-refractivity contribution in [3.8, 4) is 0 Å². The number of hydrogen-bond acceptors (Lipinski definition) is 21. The van der Waals surface area contributed by atoms with Gasteiger partial charge in [-0.3, -0.25) is 9.13 Å². The molecule has 31 heteroatoms. The maximum absolute atomic E-state index is 13.0. The molecular weight excluding hydrogens is 1500 g/mol. The van der Waals surface area contributed by atoms with Crippen LogP contribution >= 0.6 is 27.5 Å². The number of rotatable bonds is 14. The Balaban J connectivity index is 0.000000168. The van der Waals surface area contributed by atoms with Gasteiger partial charge in [0, 0.05) is 73.2 Å². The van der Waals surface area contributed by atoms with E-state index >= 15 is 0 Å². The summed E-state index contributed by atoms with van der Waals surface area (Å²) in [5, 5.41) is 6.96. The first kappa shape index (κ1) is 80.0. The third-order valence-electron chi connectivity index (χ3n) is 17.9. The van der Waals surface area contributed by atoms with Gasteiger partial charge in [0.2, 0.25) is 17.5 Å². The van der Waals surface area contributed by atoms with Gasteiger partial charge in [0.05, 0.1) is 56.9 Å². The Hall–Kier alpha value is -10.5. The first-order valence-corrected chi connectivity index (χ1v) is 39.8. The highest BCUT2D eigenvalue weighted by atomic mass is 79.9. The smallest absolute Gasteiger partial charge is 0.285 e. The molecule has 4 unspecified atom stereocenters. The summed E-state index contributed by atoms with van der Waals surface area (Å²) in [7, 11) is -7.08. The van der Waals surface area contributed by atoms with Gasteiger partial charge < -0.3 is 66.2 Å². The van der Waals surface area contributed by atoms with E-state index in [1.807, 2.05) is 80.2 Å². The number of nitrogen functional groups attached to an aromatic ring is 3. The van der Waals surface area contributed by atoms with Crippen molar-refractivity contribution in [1.29, 1.82) is 0 Å². The van der Waals surface area contributed by atoms with Gasteiger partial charge >= 0.3 is 0 Å². The van der Waals surface area contributed by atoms with E-state index in [0.717, 1.165) is 115 Å². The number of hydrogen-bond donors (Lipinski definition) is 5. The molecule has 10 aromatic rings. The minimum absolute atomic E-state index is 0.0736. The SMILES string of the molecule is Cc1nc2c(Nc3ccc(C4CCCO4)cc3S(C)(=O)=O)cc(Cl)nc2n1C1CCCCO1.[C-]#[N+]c1cccc(N)n1.[C-]#[N+]c1nc(Cc2cc(Nc3ccc(C4CCCO4)cc3S(C)(=O)=O)c3nc(C)n(C4CCCCO4)c3n2)ccc1C(C)C.[C-]#[N+]c1nc(N)ccc1Br.[C-]#[N+]c1nc(N)ccc1C(=C)C. The molecule has 0 spiro atoms. The number of fused-ring (bicyclic) bond motifs is 2.